The number of amides is 1. The number of hydrogen-bond donors (Lipinski definition) is 2. The highest BCUT2D eigenvalue weighted by Crippen LogP contribution is 1.90. The second-order valence-corrected chi connectivity index (χ2v) is 3.20. The van der Waals surface area contributed by atoms with Crippen molar-refractivity contribution in [3.8, 4) is 0 Å². The zero-order valence-electron chi connectivity index (χ0n) is 9.32. The van der Waals surface area contributed by atoms with Gasteiger partial charge in [-0.2, -0.15) is 0 Å². The van der Waals surface area contributed by atoms with Crippen molar-refractivity contribution in [2.45, 2.75) is 6.42 Å². The van der Waals surface area contributed by atoms with E-state index >= 15 is 0 Å². The predicted octanol–water partition coefficient (Wildman–Crippen LogP) is 0.251. The van der Waals surface area contributed by atoms with Gasteiger partial charge in [0.05, 0.1) is 13.0 Å². The van der Waals surface area contributed by atoms with Gasteiger partial charge in [-0.3, -0.25) is 9.59 Å². The van der Waals surface area contributed by atoms with Gasteiger partial charge in [0.2, 0.25) is 5.91 Å². The molecule has 0 saturated heterocycles. The first kappa shape index (κ1) is 14.4. The van der Waals surface area contributed by atoms with Crippen molar-refractivity contribution in [3.05, 3.63) is 25.3 Å². The fourth-order valence-corrected chi connectivity index (χ4v) is 1.09. The van der Waals surface area contributed by atoms with E-state index < -0.39 is 5.97 Å². The van der Waals surface area contributed by atoms with Crippen LogP contribution in [0.3, 0.4) is 0 Å². The summed E-state index contributed by atoms with van der Waals surface area (Å²) < 4.78 is 0. The Bertz CT molecular complexity index is 254. The van der Waals surface area contributed by atoms with Gasteiger partial charge in [-0.15, -0.1) is 13.2 Å². The average molecular weight is 226 g/mol. The summed E-state index contributed by atoms with van der Waals surface area (Å²) in [7, 11) is 0. The molecule has 0 aliphatic rings. The fraction of sp³-hybridized carbons (Fsp3) is 0.455. The molecular weight excluding hydrogens is 208 g/mol. The van der Waals surface area contributed by atoms with Gasteiger partial charge in [-0.1, -0.05) is 12.2 Å². The molecule has 0 aromatic rings. The maximum absolute atomic E-state index is 11.6. The van der Waals surface area contributed by atoms with E-state index in [4.69, 9.17) is 5.11 Å². The van der Waals surface area contributed by atoms with E-state index in [-0.39, 0.29) is 25.4 Å². The third-order valence-corrected chi connectivity index (χ3v) is 1.84. The van der Waals surface area contributed by atoms with Crippen LogP contribution in [0.2, 0.25) is 0 Å². The number of carbonyl (C=O) groups is 2. The van der Waals surface area contributed by atoms with E-state index in [9.17, 15) is 9.59 Å². The Balaban J connectivity index is 3.86. The van der Waals surface area contributed by atoms with Crippen LogP contribution in [0.5, 0.6) is 0 Å². The predicted molar refractivity (Wildman–Crippen MR) is 62.1 cm³/mol. The number of aliphatic carboxylic acids is 1. The van der Waals surface area contributed by atoms with Crippen LogP contribution in [0.15, 0.2) is 25.3 Å². The number of nitrogens with zero attached hydrogens (tertiary/aromatic N) is 1. The zero-order valence-corrected chi connectivity index (χ0v) is 9.32. The minimum absolute atomic E-state index is 0.0101. The fourth-order valence-electron chi connectivity index (χ4n) is 1.09. The van der Waals surface area contributed by atoms with Gasteiger partial charge in [0.25, 0.3) is 0 Å². The minimum Gasteiger partial charge on any atom is -0.481 e. The van der Waals surface area contributed by atoms with Gasteiger partial charge >= 0.3 is 5.97 Å². The van der Waals surface area contributed by atoms with Crippen LogP contribution >= 0.6 is 0 Å². The lowest BCUT2D eigenvalue weighted by atomic mass is 10.4. The third-order valence-electron chi connectivity index (χ3n) is 1.84. The summed E-state index contributed by atoms with van der Waals surface area (Å²) in [5.41, 5.74) is 0. The molecule has 1 amide bonds. The van der Waals surface area contributed by atoms with E-state index in [1.54, 1.807) is 17.1 Å². The van der Waals surface area contributed by atoms with Crippen molar-refractivity contribution >= 4 is 11.9 Å². The summed E-state index contributed by atoms with van der Waals surface area (Å²) in [6.45, 7) is 8.47. The smallest absolute Gasteiger partial charge is 0.304 e. The Morgan fingerprint density at radius 1 is 1.25 bits per heavy atom. The molecule has 0 spiro atoms. The maximum atomic E-state index is 11.6. The van der Waals surface area contributed by atoms with E-state index in [1.807, 2.05) is 0 Å². The molecule has 5 nitrogen and oxygen atoms in total. The van der Waals surface area contributed by atoms with E-state index in [0.29, 0.717) is 13.1 Å². The number of carboxylic acid groups (broad SMARTS) is 1. The Morgan fingerprint density at radius 2 is 1.81 bits per heavy atom. The molecule has 16 heavy (non-hydrogen) atoms. The number of nitrogens with one attached hydrogen (secondary N) is 1. The van der Waals surface area contributed by atoms with Crippen LogP contribution in [0, 0.1) is 0 Å². The second kappa shape index (κ2) is 8.67. The highest BCUT2D eigenvalue weighted by atomic mass is 16.4. The Hall–Kier alpha value is -1.62. The summed E-state index contributed by atoms with van der Waals surface area (Å²) in [5.74, 6) is -0.973. The number of carboxylic acids is 1. The molecule has 0 aliphatic heterocycles. The van der Waals surface area contributed by atoms with Gasteiger partial charge in [0.15, 0.2) is 0 Å². The monoisotopic (exact) mass is 226 g/mol. The summed E-state index contributed by atoms with van der Waals surface area (Å²) in [6, 6.07) is 0. The Labute approximate surface area is 95.4 Å². The highest BCUT2D eigenvalue weighted by molar-refractivity contribution is 5.78. The molecule has 0 unspecified atom stereocenters. The molecular formula is C11H18N2O3. The lowest BCUT2D eigenvalue weighted by Gasteiger charge is -2.19. The highest BCUT2D eigenvalue weighted by Gasteiger charge is 2.09. The molecule has 90 valence electrons. The SMILES string of the molecule is C=CCN(CC=C)C(=O)CNCCC(=O)O. The molecule has 5 heteroatoms. The van der Waals surface area contributed by atoms with E-state index in [0.717, 1.165) is 0 Å². The average Bonchev–Trinajstić information content (AvgIpc) is 2.23. The van der Waals surface area contributed by atoms with Crippen LogP contribution < -0.4 is 5.32 Å². The van der Waals surface area contributed by atoms with Crippen molar-refractivity contribution in [2.24, 2.45) is 0 Å². The second-order valence-electron chi connectivity index (χ2n) is 3.20. The largest absolute Gasteiger partial charge is 0.481 e. The molecule has 2 N–H and O–H groups in total. The van der Waals surface area contributed by atoms with Crippen LogP contribution in [-0.4, -0.2) is 48.1 Å². The van der Waals surface area contributed by atoms with Gasteiger partial charge in [0, 0.05) is 19.6 Å². The van der Waals surface area contributed by atoms with E-state index in [2.05, 4.69) is 18.5 Å². The molecule has 0 radical (unpaired) electrons. The first-order valence-corrected chi connectivity index (χ1v) is 5.04. The van der Waals surface area contributed by atoms with Gasteiger partial charge < -0.3 is 15.3 Å². The topological polar surface area (TPSA) is 69.6 Å². The number of hydrogen-bond acceptors (Lipinski definition) is 3. The van der Waals surface area contributed by atoms with Crippen molar-refractivity contribution < 1.29 is 14.7 Å². The summed E-state index contributed by atoms with van der Waals surface area (Å²) in [6.07, 6.45) is 3.29. The molecule has 0 atom stereocenters. The van der Waals surface area contributed by atoms with Crippen molar-refractivity contribution in [1.29, 1.82) is 0 Å². The van der Waals surface area contributed by atoms with E-state index in [1.165, 1.54) is 0 Å². The first-order chi connectivity index (χ1) is 7.61. The van der Waals surface area contributed by atoms with Crippen LogP contribution in [0.1, 0.15) is 6.42 Å². The summed E-state index contributed by atoms with van der Waals surface area (Å²) in [4.78, 5) is 23.4. The molecule has 0 heterocycles. The number of rotatable bonds is 9. The summed E-state index contributed by atoms with van der Waals surface area (Å²) in [5, 5.41) is 11.2. The van der Waals surface area contributed by atoms with Crippen LogP contribution in [0.4, 0.5) is 0 Å². The zero-order chi connectivity index (χ0) is 12.4. The lowest BCUT2D eigenvalue weighted by Crippen LogP contribution is -2.38. The molecule has 0 bridgehead atoms. The minimum atomic E-state index is -0.881. The van der Waals surface area contributed by atoms with Crippen LogP contribution in [0.25, 0.3) is 0 Å². The molecule has 0 aromatic heterocycles. The Kier molecular flexibility index (Phi) is 7.79. The molecule has 0 aromatic carbocycles. The normalized spacial score (nSPS) is 9.50. The van der Waals surface area contributed by atoms with Crippen molar-refractivity contribution in [2.75, 3.05) is 26.2 Å². The number of carbonyl (C=O) groups excluding carboxylic acids is 1. The van der Waals surface area contributed by atoms with Gasteiger partial charge in [-0.05, 0) is 0 Å². The third kappa shape index (κ3) is 6.78. The summed E-state index contributed by atoms with van der Waals surface area (Å²) >= 11 is 0. The molecule has 0 aliphatic carbocycles. The molecule has 0 rings (SSSR count). The van der Waals surface area contributed by atoms with Crippen molar-refractivity contribution in [1.82, 2.24) is 10.2 Å². The maximum Gasteiger partial charge on any atom is 0.304 e. The van der Waals surface area contributed by atoms with Crippen LogP contribution in [-0.2, 0) is 9.59 Å². The molecule has 0 saturated carbocycles. The quantitative estimate of drug-likeness (QED) is 0.437. The lowest BCUT2D eigenvalue weighted by molar-refractivity contribution is -0.137. The first-order valence-electron chi connectivity index (χ1n) is 5.04. The van der Waals surface area contributed by atoms with Gasteiger partial charge in [0.1, 0.15) is 0 Å². The Morgan fingerprint density at radius 3 is 2.25 bits per heavy atom. The van der Waals surface area contributed by atoms with Gasteiger partial charge in [-0.25, -0.2) is 0 Å². The standard InChI is InChI=1S/C11H18N2O3/c1-3-7-13(8-4-2)10(14)9-12-6-5-11(15)16/h3-4,12H,1-2,5-9H2,(H,15,16). The molecule has 0 fully saturated rings. The van der Waals surface area contributed by atoms with Crippen molar-refractivity contribution in [3.63, 3.8) is 0 Å².